The fourth-order valence-electron chi connectivity index (χ4n) is 3.00. The molecule has 10 heteroatoms. The third kappa shape index (κ3) is 16.1. The first-order valence-electron chi connectivity index (χ1n) is 12.3. The lowest BCUT2D eigenvalue weighted by Crippen LogP contribution is -2.55. The number of carbonyl (C=O) groups is 4. The molecule has 3 N–H and O–H groups in total. The summed E-state index contributed by atoms with van der Waals surface area (Å²) in [5.41, 5.74) is 0.867. The first kappa shape index (κ1) is 33.6. The standard InChI is InChI=1S/C19H30N2O3.C8H13NO4/c1-6-10-14(2)20-17(22)16(19(3,4)5)21-18(23)24-13-15-11-8-7-9-12-15;1-3-13-5-7(9-6-10)4-8(11)12-2/h7-9,11-12,14,16H,6,10,13H2,1-5H3,(H,20,22)(H,21,23);4,6H,3,5H2,1-2H3,(H,9,10)/b;7-4+/t14-,16?;/m1./s1. The molecule has 0 fully saturated rings. The van der Waals surface area contributed by atoms with Crippen LogP contribution >= 0.6 is 0 Å². The summed E-state index contributed by atoms with van der Waals surface area (Å²) in [6, 6.07) is 8.87. The van der Waals surface area contributed by atoms with Gasteiger partial charge < -0.3 is 30.2 Å². The number of rotatable bonds is 13. The summed E-state index contributed by atoms with van der Waals surface area (Å²) < 4.78 is 14.6. The second kappa shape index (κ2) is 18.8. The number of ether oxygens (including phenoxy) is 3. The highest BCUT2D eigenvalue weighted by Crippen LogP contribution is 2.20. The van der Waals surface area contributed by atoms with Gasteiger partial charge in [0.1, 0.15) is 12.6 Å². The summed E-state index contributed by atoms with van der Waals surface area (Å²) in [5.74, 6) is -0.704. The van der Waals surface area contributed by atoms with Crippen molar-refractivity contribution in [2.45, 2.75) is 73.1 Å². The second-order valence-corrected chi connectivity index (χ2v) is 9.30. The van der Waals surface area contributed by atoms with Crippen LogP contribution < -0.4 is 16.0 Å². The fraction of sp³-hybridized carbons (Fsp3) is 0.556. The summed E-state index contributed by atoms with van der Waals surface area (Å²) in [7, 11) is 1.26. The van der Waals surface area contributed by atoms with Gasteiger partial charge in [-0.2, -0.15) is 0 Å². The Balaban J connectivity index is 0.000000845. The van der Waals surface area contributed by atoms with Crippen molar-refractivity contribution in [2.24, 2.45) is 5.41 Å². The number of hydrogen-bond acceptors (Lipinski definition) is 7. The van der Waals surface area contributed by atoms with E-state index in [1.54, 1.807) is 0 Å². The van der Waals surface area contributed by atoms with Crippen LogP contribution in [0.2, 0.25) is 0 Å². The van der Waals surface area contributed by atoms with Crippen LogP contribution in [-0.2, 0) is 35.2 Å². The van der Waals surface area contributed by atoms with E-state index in [1.165, 1.54) is 13.2 Å². The number of amides is 3. The molecule has 0 aliphatic carbocycles. The number of esters is 1. The third-order valence-corrected chi connectivity index (χ3v) is 4.91. The van der Waals surface area contributed by atoms with Gasteiger partial charge in [-0.3, -0.25) is 9.59 Å². The smallest absolute Gasteiger partial charge is 0.408 e. The Morgan fingerprint density at radius 2 is 1.70 bits per heavy atom. The van der Waals surface area contributed by atoms with Crippen LogP contribution in [0.5, 0.6) is 0 Å². The van der Waals surface area contributed by atoms with Gasteiger partial charge in [-0.1, -0.05) is 64.4 Å². The molecule has 0 radical (unpaired) electrons. The van der Waals surface area contributed by atoms with Crippen molar-refractivity contribution in [1.29, 1.82) is 0 Å². The van der Waals surface area contributed by atoms with Crippen molar-refractivity contribution in [2.75, 3.05) is 20.3 Å². The zero-order valence-corrected chi connectivity index (χ0v) is 23.1. The van der Waals surface area contributed by atoms with Crippen LogP contribution in [-0.4, -0.2) is 56.8 Å². The van der Waals surface area contributed by atoms with Crippen LogP contribution in [0.25, 0.3) is 0 Å². The van der Waals surface area contributed by atoms with E-state index < -0.39 is 23.5 Å². The minimum atomic E-state index is -0.653. The molecule has 0 spiro atoms. The Labute approximate surface area is 220 Å². The van der Waals surface area contributed by atoms with Gasteiger partial charge in [-0.05, 0) is 31.2 Å². The van der Waals surface area contributed by atoms with E-state index >= 15 is 0 Å². The maximum Gasteiger partial charge on any atom is 0.408 e. The first-order valence-corrected chi connectivity index (χ1v) is 12.3. The van der Waals surface area contributed by atoms with Gasteiger partial charge in [0.15, 0.2) is 0 Å². The quantitative estimate of drug-likeness (QED) is 0.206. The van der Waals surface area contributed by atoms with Gasteiger partial charge in [0, 0.05) is 18.7 Å². The maximum absolute atomic E-state index is 12.5. The lowest BCUT2D eigenvalue weighted by atomic mass is 9.86. The largest absolute Gasteiger partial charge is 0.466 e. The minimum absolute atomic E-state index is 0.0782. The average molecular weight is 522 g/mol. The Morgan fingerprint density at radius 3 is 2.22 bits per heavy atom. The van der Waals surface area contributed by atoms with Crippen molar-refractivity contribution in [1.82, 2.24) is 16.0 Å². The minimum Gasteiger partial charge on any atom is -0.466 e. The molecule has 1 unspecified atom stereocenters. The van der Waals surface area contributed by atoms with Crippen molar-refractivity contribution in [3.05, 3.63) is 47.7 Å². The van der Waals surface area contributed by atoms with Crippen LogP contribution in [0, 0.1) is 5.41 Å². The second-order valence-electron chi connectivity index (χ2n) is 9.30. The number of benzene rings is 1. The first-order chi connectivity index (χ1) is 17.5. The Kier molecular flexibility index (Phi) is 17.1. The number of nitrogens with one attached hydrogen (secondary N) is 3. The molecule has 1 aromatic carbocycles. The molecule has 0 saturated heterocycles. The molecule has 0 aromatic heterocycles. The Morgan fingerprint density at radius 1 is 1.05 bits per heavy atom. The van der Waals surface area contributed by atoms with Gasteiger partial charge in [-0.15, -0.1) is 0 Å². The lowest BCUT2D eigenvalue weighted by molar-refractivity contribution is -0.135. The predicted molar refractivity (Wildman–Crippen MR) is 141 cm³/mol. The molecule has 1 aromatic rings. The summed E-state index contributed by atoms with van der Waals surface area (Å²) in [6.07, 6.45) is 2.96. The Hall–Kier alpha value is -3.40. The molecule has 37 heavy (non-hydrogen) atoms. The molecule has 2 atom stereocenters. The molecular weight excluding hydrogens is 478 g/mol. The topological polar surface area (TPSA) is 132 Å². The number of methoxy groups -OCH3 is 1. The molecule has 3 amide bonds. The van der Waals surface area contributed by atoms with E-state index in [1.807, 2.05) is 65.0 Å². The van der Waals surface area contributed by atoms with Crippen molar-refractivity contribution >= 4 is 24.4 Å². The predicted octanol–water partition coefficient (Wildman–Crippen LogP) is 3.46. The SMILES string of the molecule is CCC[C@@H](C)NC(=O)C(NC(=O)OCc1ccccc1)C(C)(C)C.CCOC/C(=C\C(=O)OC)NC=O. The van der Waals surface area contributed by atoms with Crippen molar-refractivity contribution < 1.29 is 33.4 Å². The highest BCUT2D eigenvalue weighted by molar-refractivity contribution is 5.86. The normalized spacial score (nSPS) is 12.7. The summed E-state index contributed by atoms with van der Waals surface area (Å²) in [4.78, 5) is 45.4. The van der Waals surface area contributed by atoms with Crippen molar-refractivity contribution in [3.8, 4) is 0 Å². The average Bonchev–Trinajstić information content (AvgIpc) is 2.85. The van der Waals surface area contributed by atoms with Crippen LogP contribution in [0.4, 0.5) is 4.79 Å². The molecule has 10 nitrogen and oxygen atoms in total. The highest BCUT2D eigenvalue weighted by atomic mass is 16.5. The zero-order chi connectivity index (χ0) is 28.3. The van der Waals surface area contributed by atoms with Crippen molar-refractivity contribution in [3.63, 3.8) is 0 Å². The van der Waals surface area contributed by atoms with Gasteiger partial charge >= 0.3 is 12.1 Å². The molecule has 0 aliphatic rings. The van der Waals surface area contributed by atoms with Gasteiger partial charge in [0.05, 0.1) is 19.4 Å². The zero-order valence-electron chi connectivity index (χ0n) is 23.1. The molecule has 1 rings (SSSR count). The van der Waals surface area contributed by atoms with Gasteiger partial charge in [-0.25, -0.2) is 9.59 Å². The van der Waals surface area contributed by atoms with Gasteiger partial charge in [0.2, 0.25) is 12.3 Å². The summed E-state index contributed by atoms with van der Waals surface area (Å²) in [6.45, 7) is 12.5. The fourth-order valence-corrected chi connectivity index (χ4v) is 3.00. The molecule has 208 valence electrons. The highest BCUT2D eigenvalue weighted by Gasteiger charge is 2.33. The molecule has 0 bridgehead atoms. The number of hydrogen-bond donors (Lipinski definition) is 3. The van der Waals surface area contributed by atoms with E-state index in [-0.39, 0.29) is 25.2 Å². The third-order valence-electron chi connectivity index (χ3n) is 4.91. The molecule has 0 heterocycles. The molecule has 0 saturated carbocycles. The van der Waals surface area contributed by atoms with Crippen LogP contribution in [0.1, 0.15) is 59.9 Å². The summed E-state index contributed by atoms with van der Waals surface area (Å²) >= 11 is 0. The summed E-state index contributed by atoms with van der Waals surface area (Å²) in [5, 5.41) is 8.00. The van der Waals surface area contributed by atoms with Crippen LogP contribution in [0.3, 0.4) is 0 Å². The van der Waals surface area contributed by atoms with E-state index in [2.05, 4.69) is 27.6 Å². The maximum atomic E-state index is 12.5. The number of alkyl carbamates (subject to hydrolysis) is 1. The van der Waals surface area contributed by atoms with E-state index in [9.17, 15) is 19.2 Å². The monoisotopic (exact) mass is 521 g/mol. The van der Waals surface area contributed by atoms with E-state index in [0.717, 1.165) is 18.4 Å². The number of carbonyl (C=O) groups excluding carboxylic acids is 4. The van der Waals surface area contributed by atoms with E-state index in [0.29, 0.717) is 18.7 Å². The van der Waals surface area contributed by atoms with Gasteiger partial charge in [0.25, 0.3) is 0 Å². The Bertz CT molecular complexity index is 851. The molecule has 0 aliphatic heterocycles. The van der Waals surface area contributed by atoms with Crippen LogP contribution in [0.15, 0.2) is 42.1 Å². The molecular formula is C27H43N3O7. The van der Waals surface area contributed by atoms with E-state index in [4.69, 9.17) is 9.47 Å². The lowest BCUT2D eigenvalue weighted by Gasteiger charge is -2.31.